The maximum absolute atomic E-state index is 13.9. The summed E-state index contributed by atoms with van der Waals surface area (Å²) in [5.41, 5.74) is 6.15. The number of halogens is 2. The number of hydrogen-bond acceptors (Lipinski definition) is 7. The average Bonchev–Trinajstić information content (AvgIpc) is 2.78. The van der Waals surface area contributed by atoms with Gasteiger partial charge in [-0.05, 0) is 25.3 Å². The van der Waals surface area contributed by atoms with Crippen molar-refractivity contribution in [3.8, 4) is 5.75 Å². The summed E-state index contributed by atoms with van der Waals surface area (Å²) in [6.07, 6.45) is 5.21. The molecule has 2 heterocycles. The fourth-order valence-corrected chi connectivity index (χ4v) is 4.55. The molecule has 2 aliphatic rings. The minimum absolute atomic E-state index is 0.0422. The van der Waals surface area contributed by atoms with E-state index in [9.17, 15) is 23.5 Å². The molecule has 0 atom stereocenters. The molecule has 0 unspecified atom stereocenters. The lowest BCUT2D eigenvalue weighted by Crippen LogP contribution is -2.63. The van der Waals surface area contributed by atoms with Gasteiger partial charge in [-0.3, -0.25) is 9.59 Å². The van der Waals surface area contributed by atoms with Crippen molar-refractivity contribution in [3.63, 3.8) is 0 Å². The number of fused-ring (bicyclic) bond motifs is 1. The Kier molecular flexibility index (Phi) is 6.47. The van der Waals surface area contributed by atoms with Crippen LogP contribution in [-0.4, -0.2) is 46.3 Å². The van der Waals surface area contributed by atoms with Gasteiger partial charge in [-0.2, -0.15) is 5.11 Å². The second kappa shape index (κ2) is 9.34. The highest BCUT2D eigenvalue weighted by Gasteiger charge is 2.49. The molecule has 34 heavy (non-hydrogen) atoms. The highest BCUT2D eigenvalue weighted by atomic mass is 19.1. The molecule has 1 aliphatic carbocycles. The molecular formula is C23H25F2N5O4. The molecule has 2 aromatic rings. The number of methoxy groups -OCH3 is 1. The van der Waals surface area contributed by atoms with Crippen molar-refractivity contribution in [2.45, 2.75) is 37.9 Å². The Hall–Kier alpha value is -3.60. The smallest absolute Gasteiger partial charge is 0.275 e. The highest BCUT2D eigenvalue weighted by Crippen LogP contribution is 2.43. The maximum Gasteiger partial charge on any atom is 0.275 e. The van der Waals surface area contributed by atoms with Crippen LogP contribution in [-0.2, 0) is 17.8 Å². The quantitative estimate of drug-likeness (QED) is 0.509. The molecule has 1 amide bonds. The standard InChI is InChI=1S/C23H25F2N5O4/c1-34-8-7-30-22(33)19-21(32)20(31)16(12-29(19)13-23(30)5-2-6-23)18(28-26)11-27-10-14-3-4-15(24)9-17(14)25/h3-4,9,11-12,26-27,32H,2,5-8,10,13H2,1H3/b18-11-,28-26?. The molecule has 4 rings (SSSR count). The fourth-order valence-electron chi connectivity index (χ4n) is 4.55. The number of aromatic hydroxyl groups is 1. The van der Waals surface area contributed by atoms with Gasteiger partial charge in [0.05, 0.1) is 17.7 Å². The SMILES string of the molecule is COCCN1C(=O)c2c(O)c(=O)c(/C(=C/NCc3ccc(F)cc3F)N=N)cn2CC12CCC2. The first-order chi connectivity index (χ1) is 16.3. The van der Waals surface area contributed by atoms with Crippen LogP contribution in [0.15, 0.2) is 40.5 Å². The van der Waals surface area contributed by atoms with Crippen molar-refractivity contribution in [1.82, 2.24) is 14.8 Å². The lowest BCUT2D eigenvalue weighted by molar-refractivity contribution is -0.0156. The van der Waals surface area contributed by atoms with E-state index in [0.717, 1.165) is 31.4 Å². The van der Waals surface area contributed by atoms with Crippen LogP contribution in [0.2, 0.25) is 0 Å². The predicted molar refractivity (Wildman–Crippen MR) is 118 cm³/mol. The van der Waals surface area contributed by atoms with E-state index in [1.165, 1.54) is 18.5 Å². The Balaban J connectivity index is 1.66. The highest BCUT2D eigenvalue weighted by molar-refractivity contribution is 5.97. The van der Waals surface area contributed by atoms with Gasteiger partial charge in [-0.1, -0.05) is 6.07 Å². The average molecular weight is 473 g/mol. The fraction of sp³-hybridized carbons (Fsp3) is 0.391. The summed E-state index contributed by atoms with van der Waals surface area (Å²) >= 11 is 0. The van der Waals surface area contributed by atoms with Crippen LogP contribution in [0.25, 0.3) is 5.70 Å². The zero-order chi connectivity index (χ0) is 24.5. The summed E-state index contributed by atoms with van der Waals surface area (Å²) < 4.78 is 33.6. The molecule has 3 N–H and O–H groups in total. The molecule has 1 fully saturated rings. The lowest BCUT2D eigenvalue weighted by atomic mass is 9.73. The molecular weight excluding hydrogens is 448 g/mol. The number of aromatic nitrogens is 1. The number of benzene rings is 1. The lowest BCUT2D eigenvalue weighted by Gasteiger charge is -2.53. The van der Waals surface area contributed by atoms with Crippen molar-refractivity contribution in [3.05, 3.63) is 69.3 Å². The van der Waals surface area contributed by atoms with E-state index in [4.69, 9.17) is 10.3 Å². The second-order valence-corrected chi connectivity index (χ2v) is 8.48. The van der Waals surface area contributed by atoms with Gasteiger partial charge >= 0.3 is 0 Å². The third-order valence-corrected chi connectivity index (χ3v) is 6.49. The van der Waals surface area contributed by atoms with Crippen LogP contribution >= 0.6 is 0 Å². The molecule has 1 aromatic carbocycles. The monoisotopic (exact) mass is 473 g/mol. The Morgan fingerprint density at radius 1 is 1.35 bits per heavy atom. The third-order valence-electron chi connectivity index (χ3n) is 6.49. The van der Waals surface area contributed by atoms with Crippen molar-refractivity contribution >= 4 is 11.6 Å². The van der Waals surface area contributed by atoms with E-state index in [1.807, 2.05) is 0 Å². The number of hydrogen-bond donors (Lipinski definition) is 3. The van der Waals surface area contributed by atoms with Gasteiger partial charge in [0, 0.05) is 50.8 Å². The van der Waals surface area contributed by atoms with Crippen molar-refractivity contribution < 1.29 is 23.4 Å². The van der Waals surface area contributed by atoms with E-state index in [1.54, 1.807) is 16.6 Å². The summed E-state index contributed by atoms with van der Waals surface area (Å²) in [5, 5.41) is 16.8. The van der Waals surface area contributed by atoms with Gasteiger partial charge in [0.2, 0.25) is 5.43 Å². The summed E-state index contributed by atoms with van der Waals surface area (Å²) in [5.74, 6) is -2.59. The molecule has 9 nitrogen and oxygen atoms in total. The maximum atomic E-state index is 13.9. The molecule has 1 spiro atoms. The first-order valence-electron chi connectivity index (χ1n) is 10.8. The summed E-state index contributed by atoms with van der Waals surface area (Å²) in [7, 11) is 1.54. The molecule has 1 aromatic heterocycles. The van der Waals surface area contributed by atoms with E-state index in [-0.39, 0.29) is 29.1 Å². The topological polar surface area (TPSA) is 120 Å². The third kappa shape index (κ3) is 4.07. The van der Waals surface area contributed by atoms with Crippen LogP contribution in [0.1, 0.15) is 40.9 Å². The Bertz CT molecular complexity index is 1220. The normalized spacial score (nSPS) is 16.9. The minimum atomic E-state index is -0.840. The number of pyridine rings is 1. The molecule has 0 saturated heterocycles. The van der Waals surface area contributed by atoms with E-state index in [0.29, 0.717) is 19.7 Å². The number of carbonyl (C=O) groups is 1. The van der Waals surface area contributed by atoms with Gasteiger partial charge in [-0.25, -0.2) is 14.3 Å². The molecule has 180 valence electrons. The van der Waals surface area contributed by atoms with Gasteiger partial charge < -0.3 is 24.6 Å². The predicted octanol–water partition coefficient (Wildman–Crippen LogP) is 2.98. The number of carbonyl (C=O) groups excluding carboxylic acids is 1. The first-order valence-corrected chi connectivity index (χ1v) is 10.8. The van der Waals surface area contributed by atoms with Crippen molar-refractivity contribution in [2.75, 3.05) is 20.3 Å². The van der Waals surface area contributed by atoms with Gasteiger partial charge in [-0.15, -0.1) is 0 Å². The minimum Gasteiger partial charge on any atom is -0.503 e. The van der Waals surface area contributed by atoms with Crippen LogP contribution in [0.3, 0.4) is 0 Å². The van der Waals surface area contributed by atoms with Gasteiger partial charge in [0.25, 0.3) is 5.91 Å². The number of ether oxygens (including phenoxy) is 1. The molecule has 0 radical (unpaired) electrons. The number of amides is 1. The molecule has 11 heteroatoms. The molecule has 1 aliphatic heterocycles. The van der Waals surface area contributed by atoms with E-state index >= 15 is 0 Å². The van der Waals surface area contributed by atoms with Crippen LogP contribution in [0, 0.1) is 17.2 Å². The Morgan fingerprint density at radius 2 is 2.12 bits per heavy atom. The first kappa shape index (κ1) is 23.6. The van der Waals surface area contributed by atoms with Crippen LogP contribution < -0.4 is 10.7 Å². The zero-order valence-corrected chi connectivity index (χ0v) is 18.6. The van der Waals surface area contributed by atoms with Crippen LogP contribution in [0.4, 0.5) is 8.78 Å². The molecule has 1 saturated carbocycles. The number of nitrogens with zero attached hydrogens (tertiary/aromatic N) is 3. The van der Waals surface area contributed by atoms with E-state index < -0.39 is 34.3 Å². The van der Waals surface area contributed by atoms with Crippen molar-refractivity contribution in [1.29, 1.82) is 5.53 Å². The summed E-state index contributed by atoms with van der Waals surface area (Å²) in [4.78, 5) is 27.8. The van der Waals surface area contributed by atoms with Crippen LogP contribution in [0.5, 0.6) is 5.75 Å². The van der Waals surface area contributed by atoms with Gasteiger partial charge in [0.15, 0.2) is 11.4 Å². The number of rotatable bonds is 8. The summed E-state index contributed by atoms with van der Waals surface area (Å²) in [6, 6.07) is 3.16. The Morgan fingerprint density at radius 3 is 2.74 bits per heavy atom. The summed E-state index contributed by atoms with van der Waals surface area (Å²) in [6.45, 7) is 1.03. The number of nitrogens with one attached hydrogen (secondary N) is 2. The largest absolute Gasteiger partial charge is 0.503 e. The zero-order valence-electron chi connectivity index (χ0n) is 18.6. The van der Waals surface area contributed by atoms with E-state index in [2.05, 4.69) is 10.4 Å². The second-order valence-electron chi connectivity index (χ2n) is 8.48. The Labute approximate surface area is 194 Å². The van der Waals surface area contributed by atoms with Gasteiger partial charge in [0.1, 0.15) is 17.3 Å². The van der Waals surface area contributed by atoms with Crippen molar-refractivity contribution in [2.24, 2.45) is 5.11 Å². The molecule has 0 bridgehead atoms.